The van der Waals surface area contributed by atoms with E-state index in [2.05, 4.69) is 10.3 Å². The molecular formula is C19H24ClN3O3. The topological polar surface area (TPSA) is 63.7 Å². The van der Waals surface area contributed by atoms with E-state index in [-0.39, 0.29) is 11.9 Å². The molecule has 1 heterocycles. The number of carbonyl (C=O) groups excluding carboxylic acids is 1. The molecule has 26 heavy (non-hydrogen) atoms. The number of hydrogen-bond acceptors (Lipinski definition) is 5. The van der Waals surface area contributed by atoms with E-state index in [1.54, 1.807) is 25.4 Å². The van der Waals surface area contributed by atoms with Crippen molar-refractivity contribution in [2.45, 2.75) is 6.04 Å². The van der Waals surface area contributed by atoms with Crippen LogP contribution in [-0.2, 0) is 4.74 Å². The molecule has 7 heteroatoms. The number of nitrogens with zero attached hydrogens (tertiary/aromatic N) is 2. The SMILES string of the molecule is COCCOc1ncccc1C(=O)NCC(c1ccccc1Cl)N(C)C. The number of carbonyl (C=O) groups is 1. The van der Waals surface area contributed by atoms with Gasteiger partial charge in [0.2, 0.25) is 5.88 Å². The van der Waals surface area contributed by atoms with Crippen molar-refractivity contribution in [2.75, 3.05) is 41.0 Å². The van der Waals surface area contributed by atoms with Gasteiger partial charge in [0.25, 0.3) is 5.91 Å². The van der Waals surface area contributed by atoms with Crippen molar-refractivity contribution in [1.82, 2.24) is 15.2 Å². The van der Waals surface area contributed by atoms with E-state index < -0.39 is 0 Å². The summed E-state index contributed by atoms with van der Waals surface area (Å²) in [5.41, 5.74) is 1.35. The molecule has 0 aliphatic heterocycles. The second-order valence-corrected chi connectivity index (χ2v) is 6.32. The monoisotopic (exact) mass is 377 g/mol. The van der Waals surface area contributed by atoms with Gasteiger partial charge in [0.15, 0.2) is 0 Å². The van der Waals surface area contributed by atoms with Crippen LogP contribution >= 0.6 is 11.6 Å². The van der Waals surface area contributed by atoms with Gasteiger partial charge in [-0.1, -0.05) is 29.8 Å². The maximum Gasteiger partial charge on any atom is 0.256 e. The van der Waals surface area contributed by atoms with Gasteiger partial charge in [0.05, 0.1) is 12.6 Å². The van der Waals surface area contributed by atoms with E-state index in [0.717, 1.165) is 5.56 Å². The number of ether oxygens (including phenoxy) is 2. The second-order valence-electron chi connectivity index (χ2n) is 5.91. The number of benzene rings is 1. The summed E-state index contributed by atoms with van der Waals surface area (Å²) >= 11 is 6.31. The molecule has 6 nitrogen and oxygen atoms in total. The van der Waals surface area contributed by atoms with E-state index in [9.17, 15) is 4.79 Å². The summed E-state index contributed by atoms with van der Waals surface area (Å²) in [6.45, 7) is 1.16. The van der Waals surface area contributed by atoms with Gasteiger partial charge in [-0.2, -0.15) is 0 Å². The molecule has 1 amide bonds. The third kappa shape index (κ3) is 5.42. The minimum atomic E-state index is -0.246. The molecule has 0 saturated carbocycles. The predicted molar refractivity (Wildman–Crippen MR) is 102 cm³/mol. The summed E-state index contributed by atoms with van der Waals surface area (Å²) in [5.74, 6) is 0.0469. The highest BCUT2D eigenvalue weighted by Gasteiger charge is 2.20. The van der Waals surface area contributed by atoms with Crippen LogP contribution < -0.4 is 10.1 Å². The van der Waals surface area contributed by atoms with Crippen LogP contribution in [0.1, 0.15) is 22.0 Å². The number of methoxy groups -OCH3 is 1. The van der Waals surface area contributed by atoms with Gasteiger partial charge >= 0.3 is 0 Å². The zero-order valence-electron chi connectivity index (χ0n) is 15.2. The average molecular weight is 378 g/mol. The summed E-state index contributed by atoms with van der Waals surface area (Å²) in [6, 6.07) is 11.0. The molecule has 0 aliphatic carbocycles. The van der Waals surface area contributed by atoms with Crippen molar-refractivity contribution >= 4 is 17.5 Å². The molecule has 1 aromatic heterocycles. The molecule has 1 aromatic carbocycles. The third-order valence-electron chi connectivity index (χ3n) is 3.89. The van der Waals surface area contributed by atoms with Gasteiger partial charge in [-0.05, 0) is 37.9 Å². The second kappa shape index (κ2) is 10.1. The number of aromatic nitrogens is 1. The maximum atomic E-state index is 12.6. The Kier molecular flexibility index (Phi) is 7.84. The van der Waals surface area contributed by atoms with Gasteiger partial charge in [-0.15, -0.1) is 0 Å². The Morgan fingerprint density at radius 2 is 2.00 bits per heavy atom. The van der Waals surface area contributed by atoms with Crippen LogP contribution in [0, 0.1) is 0 Å². The lowest BCUT2D eigenvalue weighted by Gasteiger charge is -2.26. The van der Waals surface area contributed by atoms with Gasteiger partial charge in [-0.3, -0.25) is 4.79 Å². The number of halogens is 1. The minimum Gasteiger partial charge on any atom is -0.475 e. The van der Waals surface area contributed by atoms with Gasteiger partial charge in [0, 0.05) is 24.9 Å². The van der Waals surface area contributed by atoms with Crippen LogP contribution in [0.5, 0.6) is 5.88 Å². The van der Waals surface area contributed by atoms with E-state index in [4.69, 9.17) is 21.1 Å². The Hall–Kier alpha value is -2.15. The third-order valence-corrected chi connectivity index (χ3v) is 4.23. The summed E-state index contributed by atoms with van der Waals surface area (Å²) in [5, 5.41) is 3.62. The van der Waals surface area contributed by atoms with Crippen LogP contribution in [0.15, 0.2) is 42.6 Å². The number of likely N-dealkylation sites (N-methyl/N-ethyl adjacent to an activating group) is 1. The number of rotatable bonds is 9. The molecule has 0 radical (unpaired) electrons. The molecule has 0 spiro atoms. The van der Waals surface area contributed by atoms with Crippen LogP contribution in [0.2, 0.25) is 5.02 Å². The molecule has 2 rings (SSSR count). The van der Waals surface area contributed by atoms with Gasteiger partial charge < -0.3 is 19.7 Å². The fourth-order valence-corrected chi connectivity index (χ4v) is 2.76. The van der Waals surface area contributed by atoms with Crippen molar-refractivity contribution < 1.29 is 14.3 Å². The Labute approximate surface area is 159 Å². The molecule has 1 N–H and O–H groups in total. The first-order valence-corrected chi connectivity index (χ1v) is 8.68. The highest BCUT2D eigenvalue weighted by molar-refractivity contribution is 6.31. The van der Waals surface area contributed by atoms with E-state index in [1.165, 1.54) is 0 Å². The predicted octanol–water partition coefficient (Wildman–Crippen LogP) is 2.79. The minimum absolute atomic E-state index is 0.0535. The van der Waals surface area contributed by atoms with Crippen molar-refractivity contribution in [3.05, 3.63) is 58.7 Å². The lowest BCUT2D eigenvalue weighted by atomic mass is 10.1. The Balaban J connectivity index is 2.08. The summed E-state index contributed by atoms with van der Waals surface area (Å²) in [4.78, 5) is 18.8. The van der Waals surface area contributed by atoms with Gasteiger partial charge in [-0.25, -0.2) is 4.98 Å². The summed E-state index contributed by atoms with van der Waals surface area (Å²) in [7, 11) is 5.48. The van der Waals surface area contributed by atoms with Crippen molar-refractivity contribution in [3.63, 3.8) is 0 Å². The quantitative estimate of drug-likeness (QED) is 0.681. The molecule has 1 unspecified atom stereocenters. The molecule has 1 atom stereocenters. The Morgan fingerprint density at radius 1 is 1.23 bits per heavy atom. The Bertz CT molecular complexity index is 725. The lowest BCUT2D eigenvalue weighted by molar-refractivity contribution is 0.0932. The van der Waals surface area contributed by atoms with E-state index in [0.29, 0.717) is 36.2 Å². The molecule has 0 saturated heterocycles. The summed E-state index contributed by atoms with van der Waals surface area (Å²) in [6.07, 6.45) is 1.59. The van der Waals surface area contributed by atoms with E-state index >= 15 is 0 Å². The zero-order valence-corrected chi connectivity index (χ0v) is 16.0. The summed E-state index contributed by atoms with van der Waals surface area (Å²) < 4.78 is 10.5. The average Bonchev–Trinajstić information content (AvgIpc) is 2.63. The highest BCUT2D eigenvalue weighted by atomic mass is 35.5. The first-order valence-electron chi connectivity index (χ1n) is 8.30. The van der Waals surface area contributed by atoms with Crippen LogP contribution in [-0.4, -0.2) is 56.8 Å². The number of pyridine rings is 1. The number of hydrogen-bond donors (Lipinski definition) is 1. The number of amides is 1. The fourth-order valence-electron chi connectivity index (χ4n) is 2.50. The van der Waals surface area contributed by atoms with Crippen LogP contribution in [0.4, 0.5) is 0 Å². The van der Waals surface area contributed by atoms with Crippen molar-refractivity contribution in [1.29, 1.82) is 0 Å². The van der Waals surface area contributed by atoms with Crippen LogP contribution in [0.3, 0.4) is 0 Å². The van der Waals surface area contributed by atoms with Gasteiger partial charge in [0.1, 0.15) is 12.2 Å². The fraction of sp³-hybridized carbons (Fsp3) is 0.368. The molecule has 0 aliphatic rings. The normalized spacial score (nSPS) is 12.0. The molecule has 0 bridgehead atoms. The standard InChI is InChI=1S/C19H24ClN3O3/c1-23(2)17(14-7-4-5-9-16(14)20)13-22-18(24)15-8-6-10-21-19(15)26-12-11-25-3/h4-10,17H,11-13H2,1-3H3,(H,22,24). The molecule has 0 fully saturated rings. The Morgan fingerprint density at radius 3 is 2.69 bits per heavy atom. The smallest absolute Gasteiger partial charge is 0.256 e. The first-order chi connectivity index (χ1) is 12.5. The first kappa shape index (κ1) is 20.2. The van der Waals surface area contributed by atoms with Crippen molar-refractivity contribution in [2.24, 2.45) is 0 Å². The lowest BCUT2D eigenvalue weighted by Crippen LogP contribution is -2.35. The van der Waals surface area contributed by atoms with E-state index in [1.807, 2.05) is 43.3 Å². The van der Waals surface area contributed by atoms with Crippen molar-refractivity contribution in [3.8, 4) is 5.88 Å². The molecule has 140 valence electrons. The zero-order chi connectivity index (χ0) is 18.9. The highest BCUT2D eigenvalue weighted by Crippen LogP contribution is 2.25. The van der Waals surface area contributed by atoms with Crippen LogP contribution in [0.25, 0.3) is 0 Å². The maximum absolute atomic E-state index is 12.6. The molecule has 2 aromatic rings. The molecular weight excluding hydrogens is 354 g/mol. The largest absolute Gasteiger partial charge is 0.475 e. The number of nitrogens with one attached hydrogen (secondary N) is 1.